The standard InChI is InChI=1S/C20H29N5O10/c1-7(2)15(31)23-19-22-14-10(16(32)24-19)21-6-25(14,17-12(29)11(28)8(4-26)34-17)18-20(3,33)13(30)9(5-27)35-18/h6-9,11-13,17-18,26-30,33H,4-5H2,1-3H3,(H-,22,23,24,31,32)/p+1/t8-,9-,11-,12-,13-,17-,18-,20-,25?/m1/s1. The number of aliphatic imine (C=N–C) groups is 1. The first kappa shape index (κ1) is 25.7. The molecule has 194 valence electrons. The van der Waals surface area contributed by atoms with Crippen LogP contribution >= 0.6 is 0 Å². The third kappa shape index (κ3) is 3.80. The highest BCUT2D eigenvalue weighted by molar-refractivity contribution is 5.92. The monoisotopic (exact) mass is 500 g/mol. The summed E-state index contributed by atoms with van der Waals surface area (Å²) < 4.78 is 10.6. The number of fused-ring (bicyclic) bond motifs is 1. The van der Waals surface area contributed by atoms with Gasteiger partial charge in [-0.1, -0.05) is 13.8 Å². The Labute approximate surface area is 198 Å². The molecule has 9 atom stereocenters. The second kappa shape index (κ2) is 8.95. The van der Waals surface area contributed by atoms with E-state index in [1.54, 1.807) is 13.8 Å². The molecule has 3 aliphatic rings. The van der Waals surface area contributed by atoms with Crippen LogP contribution in [-0.4, -0.2) is 115 Å². The van der Waals surface area contributed by atoms with Gasteiger partial charge in [-0.3, -0.25) is 19.9 Å². The fourth-order valence-corrected chi connectivity index (χ4v) is 4.67. The number of quaternary nitrogens is 1. The first-order chi connectivity index (χ1) is 16.4. The lowest BCUT2D eigenvalue weighted by Gasteiger charge is -2.43. The number of aromatic nitrogens is 2. The molecule has 0 aromatic carbocycles. The third-order valence-electron chi connectivity index (χ3n) is 6.65. The summed E-state index contributed by atoms with van der Waals surface area (Å²) >= 11 is 0. The molecule has 3 aliphatic heterocycles. The number of aliphatic hydroxyl groups excluding tert-OH is 5. The van der Waals surface area contributed by atoms with Gasteiger partial charge in [0.2, 0.25) is 36.3 Å². The van der Waals surface area contributed by atoms with Crippen LogP contribution in [0.25, 0.3) is 0 Å². The SMILES string of the molecule is CC(C)C(=O)Nc1nc2c(c(=O)[nH]1)N=C[N+]2([C@@H]1O[C@H](CO)[C@@H](O)[C@H]1O)[C@@H]1O[C@H](CO)[C@@H](O)[C@@]1(C)O. The van der Waals surface area contributed by atoms with Crippen molar-refractivity contribution in [2.75, 3.05) is 18.5 Å². The molecular weight excluding hydrogens is 470 g/mol. The molecule has 1 amide bonds. The molecule has 0 radical (unpaired) electrons. The van der Waals surface area contributed by atoms with E-state index in [-0.39, 0.29) is 17.5 Å². The minimum Gasteiger partial charge on any atom is -0.394 e. The van der Waals surface area contributed by atoms with Crippen LogP contribution in [0.2, 0.25) is 0 Å². The van der Waals surface area contributed by atoms with Crippen molar-refractivity contribution >= 4 is 29.7 Å². The Balaban J connectivity index is 1.92. The van der Waals surface area contributed by atoms with Crippen molar-refractivity contribution in [2.24, 2.45) is 10.9 Å². The van der Waals surface area contributed by atoms with Crippen LogP contribution in [0.4, 0.5) is 17.5 Å². The average molecular weight is 500 g/mol. The van der Waals surface area contributed by atoms with Crippen LogP contribution in [0.5, 0.6) is 0 Å². The van der Waals surface area contributed by atoms with Gasteiger partial charge in [-0.05, 0) is 6.92 Å². The number of anilines is 1. The van der Waals surface area contributed by atoms with E-state index in [9.17, 15) is 40.2 Å². The van der Waals surface area contributed by atoms with E-state index >= 15 is 0 Å². The van der Waals surface area contributed by atoms with Gasteiger partial charge in [0.1, 0.15) is 24.4 Å². The van der Waals surface area contributed by atoms with Gasteiger partial charge < -0.3 is 40.1 Å². The maximum Gasteiger partial charge on any atom is 0.284 e. The number of H-pyrrole nitrogens is 1. The predicted octanol–water partition coefficient (Wildman–Crippen LogP) is -3.39. The Morgan fingerprint density at radius 2 is 1.86 bits per heavy atom. The molecule has 1 unspecified atom stereocenters. The molecule has 2 saturated heterocycles. The number of hydrogen-bond donors (Lipinski definition) is 8. The molecule has 4 rings (SSSR count). The zero-order chi connectivity index (χ0) is 25.9. The van der Waals surface area contributed by atoms with Crippen LogP contribution in [0.3, 0.4) is 0 Å². The van der Waals surface area contributed by atoms with Crippen molar-refractivity contribution in [3.8, 4) is 0 Å². The van der Waals surface area contributed by atoms with Gasteiger partial charge in [-0.25, -0.2) is 0 Å². The zero-order valence-electron chi connectivity index (χ0n) is 19.3. The fourth-order valence-electron chi connectivity index (χ4n) is 4.67. The molecular formula is C20H30N5O10+. The number of nitrogens with zero attached hydrogens (tertiary/aromatic N) is 3. The van der Waals surface area contributed by atoms with Crippen LogP contribution in [-0.2, 0) is 14.3 Å². The molecule has 15 heteroatoms. The van der Waals surface area contributed by atoms with Crippen LogP contribution in [0.1, 0.15) is 20.8 Å². The Bertz CT molecular complexity index is 1080. The lowest BCUT2D eigenvalue weighted by atomic mass is 9.94. The van der Waals surface area contributed by atoms with Crippen LogP contribution < -0.4 is 15.4 Å². The highest BCUT2D eigenvalue weighted by Gasteiger charge is 2.70. The van der Waals surface area contributed by atoms with Crippen molar-refractivity contribution < 1.29 is 44.9 Å². The molecule has 0 saturated carbocycles. The van der Waals surface area contributed by atoms with Crippen molar-refractivity contribution in [3.63, 3.8) is 0 Å². The van der Waals surface area contributed by atoms with Gasteiger partial charge in [-0.2, -0.15) is 14.5 Å². The van der Waals surface area contributed by atoms with Gasteiger partial charge in [0, 0.05) is 5.92 Å². The summed E-state index contributed by atoms with van der Waals surface area (Å²) in [7, 11) is 0. The first-order valence-corrected chi connectivity index (χ1v) is 11.1. The Kier molecular flexibility index (Phi) is 6.58. The quantitative estimate of drug-likeness (QED) is 0.180. The first-order valence-electron chi connectivity index (χ1n) is 11.1. The highest BCUT2D eigenvalue weighted by Crippen LogP contribution is 2.48. The summed E-state index contributed by atoms with van der Waals surface area (Å²) in [6.07, 6.45) is -9.36. The van der Waals surface area contributed by atoms with E-state index in [4.69, 9.17) is 9.47 Å². The molecule has 2 fully saturated rings. The average Bonchev–Trinajstić information content (AvgIpc) is 3.39. The van der Waals surface area contributed by atoms with Gasteiger partial charge in [0.05, 0.1) is 13.2 Å². The molecule has 35 heavy (non-hydrogen) atoms. The van der Waals surface area contributed by atoms with E-state index in [1.807, 2.05) is 0 Å². The van der Waals surface area contributed by atoms with Crippen LogP contribution in [0.15, 0.2) is 9.79 Å². The Morgan fingerprint density at radius 1 is 1.20 bits per heavy atom. The zero-order valence-corrected chi connectivity index (χ0v) is 19.3. The van der Waals surface area contributed by atoms with Crippen LogP contribution in [0, 0.1) is 5.92 Å². The number of ether oxygens (including phenoxy) is 2. The smallest absolute Gasteiger partial charge is 0.284 e. The molecule has 1 aromatic rings. The summed E-state index contributed by atoms with van der Waals surface area (Å²) in [6.45, 7) is 3.14. The number of aliphatic hydroxyl groups is 6. The van der Waals surface area contributed by atoms with E-state index < -0.39 is 83.7 Å². The van der Waals surface area contributed by atoms with Crippen molar-refractivity contribution in [1.29, 1.82) is 0 Å². The Morgan fingerprint density at radius 3 is 2.40 bits per heavy atom. The topological polar surface area (TPSA) is 227 Å². The Hall–Kier alpha value is -2.34. The number of carbonyl (C=O) groups excluding carboxylic acids is 1. The molecule has 0 spiro atoms. The maximum absolute atomic E-state index is 12.9. The largest absolute Gasteiger partial charge is 0.394 e. The molecule has 1 aromatic heterocycles. The lowest BCUT2D eigenvalue weighted by Crippen LogP contribution is -2.71. The molecule has 8 N–H and O–H groups in total. The van der Waals surface area contributed by atoms with Gasteiger partial charge >= 0.3 is 0 Å². The summed E-state index contributed by atoms with van der Waals surface area (Å²) in [5.41, 5.74) is -3.14. The fraction of sp³-hybridized carbons (Fsp3) is 0.700. The molecule has 4 heterocycles. The van der Waals surface area contributed by atoms with Crippen molar-refractivity contribution in [1.82, 2.24) is 14.5 Å². The van der Waals surface area contributed by atoms with Gasteiger partial charge in [0.25, 0.3) is 11.4 Å². The maximum atomic E-state index is 12.9. The summed E-state index contributed by atoms with van der Waals surface area (Å²) in [6, 6.07) is 0. The highest BCUT2D eigenvalue weighted by atomic mass is 16.6. The van der Waals surface area contributed by atoms with Gasteiger partial charge in [0.15, 0.2) is 11.7 Å². The number of hydrogen-bond acceptors (Lipinski definition) is 12. The van der Waals surface area contributed by atoms with Crippen molar-refractivity contribution in [3.05, 3.63) is 10.4 Å². The molecule has 15 nitrogen and oxygen atoms in total. The normalized spacial score (nSPS) is 40.5. The van der Waals surface area contributed by atoms with E-state index in [0.717, 1.165) is 6.34 Å². The molecule has 0 bridgehead atoms. The van der Waals surface area contributed by atoms with E-state index in [0.29, 0.717) is 0 Å². The molecule has 0 aliphatic carbocycles. The summed E-state index contributed by atoms with van der Waals surface area (Å²) in [5, 5.41) is 65.0. The number of nitrogens with one attached hydrogen (secondary N) is 2. The van der Waals surface area contributed by atoms with E-state index in [2.05, 4.69) is 20.3 Å². The third-order valence-corrected chi connectivity index (χ3v) is 6.65. The number of amides is 1. The number of rotatable bonds is 6. The van der Waals surface area contributed by atoms with Gasteiger partial charge in [-0.15, -0.1) is 0 Å². The minimum absolute atomic E-state index is 0.223. The predicted molar refractivity (Wildman–Crippen MR) is 118 cm³/mol. The second-order valence-electron chi connectivity index (χ2n) is 9.42. The number of aromatic amines is 1. The second-order valence-corrected chi connectivity index (χ2v) is 9.42. The van der Waals surface area contributed by atoms with E-state index in [1.165, 1.54) is 6.92 Å². The lowest BCUT2D eigenvalue weighted by molar-refractivity contribution is -0.169. The van der Waals surface area contributed by atoms with Crippen molar-refractivity contribution in [2.45, 2.75) is 69.3 Å². The minimum atomic E-state index is -2.11. The number of carbonyl (C=O) groups is 1. The summed E-state index contributed by atoms with van der Waals surface area (Å²) in [5.74, 6) is -1.40. The summed E-state index contributed by atoms with van der Waals surface area (Å²) in [4.78, 5) is 35.9.